The minimum absolute atomic E-state index is 0.275. The van der Waals surface area contributed by atoms with Crippen LogP contribution in [0.5, 0.6) is 0 Å². The van der Waals surface area contributed by atoms with Gasteiger partial charge in [0, 0.05) is 19.0 Å². The number of amides is 1. The van der Waals surface area contributed by atoms with Gasteiger partial charge in [-0.3, -0.25) is 4.79 Å². The van der Waals surface area contributed by atoms with Crippen molar-refractivity contribution in [2.45, 2.75) is 32.2 Å². The summed E-state index contributed by atoms with van der Waals surface area (Å²) in [5.41, 5.74) is 0.275. The summed E-state index contributed by atoms with van der Waals surface area (Å²) in [4.78, 5) is 13.2. The van der Waals surface area contributed by atoms with Crippen molar-refractivity contribution < 1.29 is 4.79 Å². The molecular weight excluding hydrogens is 138 g/mol. The second-order valence-corrected chi connectivity index (χ2v) is 4.20. The summed E-state index contributed by atoms with van der Waals surface area (Å²) >= 11 is 0. The number of rotatable bonds is 1. The van der Waals surface area contributed by atoms with Crippen molar-refractivity contribution in [3.05, 3.63) is 0 Å². The van der Waals surface area contributed by atoms with Gasteiger partial charge in [0.25, 0.3) is 0 Å². The van der Waals surface area contributed by atoms with E-state index in [1.54, 1.807) is 0 Å². The molecule has 0 N–H and O–H groups in total. The fraction of sp³-hybridized carbons (Fsp3) is 0.889. The number of piperidine rings is 1. The molecule has 1 saturated heterocycles. The molecule has 2 nitrogen and oxygen atoms in total. The normalized spacial score (nSPS) is 41.6. The van der Waals surface area contributed by atoms with E-state index in [2.05, 4.69) is 13.8 Å². The van der Waals surface area contributed by atoms with E-state index < -0.39 is 0 Å². The van der Waals surface area contributed by atoms with Crippen LogP contribution in [-0.4, -0.2) is 23.4 Å². The Morgan fingerprint density at radius 3 is 2.55 bits per heavy atom. The maximum atomic E-state index is 11.3. The van der Waals surface area contributed by atoms with E-state index in [4.69, 9.17) is 0 Å². The molecule has 1 saturated carbocycles. The molecule has 0 aromatic carbocycles. The Balaban J connectivity index is 2.25. The number of hydrogen-bond acceptors (Lipinski definition) is 1. The molecule has 1 aliphatic carbocycles. The van der Waals surface area contributed by atoms with Crippen LogP contribution in [-0.2, 0) is 4.79 Å². The van der Waals surface area contributed by atoms with E-state index in [9.17, 15) is 4.79 Å². The van der Waals surface area contributed by atoms with E-state index in [0.717, 1.165) is 6.42 Å². The van der Waals surface area contributed by atoms with Crippen molar-refractivity contribution in [3.63, 3.8) is 0 Å². The van der Waals surface area contributed by atoms with Gasteiger partial charge in [-0.15, -0.1) is 0 Å². The molecule has 2 atom stereocenters. The average Bonchev–Trinajstić information content (AvgIpc) is 2.57. The first-order chi connectivity index (χ1) is 5.09. The topological polar surface area (TPSA) is 20.3 Å². The summed E-state index contributed by atoms with van der Waals surface area (Å²) in [5.74, 6) is 1.65. The molecule has 2 aliphatic rings. The largest absolute Gasteiger partial charge is 0.340 e. The van der Waals surface area contributed by atoms with Crippen molar-refractivity contribution in [1.29, 1.82) is 0 Å². The minimum Gasteiger partial charge on any atom is -0.340 e. The number of likely N-dealkylation sites (tertiary alicyclic amines) is 1. The van der Waals surface area contributed by atoms with Gasteiger partial charge in [-0.25, -0.2) is 0 Å². The molecule has 0 aromatic rings. The highest BCUT2D eigenvalue weighted by Crippen LogP contribution is 2.59. The fourth-order valence-corrected chi connectivity index (χ4v) is 2.67. The number of carbonyl (C=O) groups is 1. The Hall–Kier alpha value is -0.530. The quantitative estimate of drug-likeness (QED) is 0.555. The van der Waals surface area contributed by atoms with Gasteiger partial charge >= 0.3 is 0 Å². The fourth-order valence-electron chi connectivity index (χ4n) is 2.67. The monoisotopic (exact) mass is 153 g/mol. The van der Waals surface area contributed by atoms with Crippen LogP contribution in [0.3, 0.4) is 0 Å². The zero-order chi connectivity index (χ0) is 8.22. The summed E-state index contributed by atoms with van der Waals surface area (Å²) in [6.07, 6.45) is 2.04. The summed E-state index contributed by atoms with van der Waals surface area (Å²) in [5, 5.41) is 0. The molecule has 11 heavy (non-hydrogen) atoms. The van der Waals surface area contributed by atoms with E-state index in [1.165, 1.54) is 6.42 Å². The van der Waals surface area contributed by atoms with Gasteiger partial charge in [0.05, 0.1) is 0 Å². The molecular formula is C9H15NO. The molecule has 1 amide bonds. The molecule has 0 radical (unpaired) electrons. The van der Waals surface area contributed by atoms with E-state index in [1.807, 2.05) is 11.9 Å². The number of fused-ring (bicyclic) bond motifs is 1. The van der Waals surface area contributed by atoms with Gasteiger partial charge in [-0.1, -0.05) is 13.8 Å². The maximum absolute atomic E-state index is 11.3. The van der Waals surface area contributed by atoms with Crippen molar-refractivity contribution in [2.24, 2.45) is 11.8 Å². The zero-order valence-electron chi connectivity index (χ0n) is 7.42. The summed E-state index contributed by atoms with van der Waals surface area (Å²) < 4.78 is 0. The lowest BCUT2D eigenvalue weighted by Crippen LogP contribution is -2.38. The van der Waals surface area contributed by atoms with Gasteiger partial charge in [-0.05, 0) is 18.3 Å². The molecule has 1 heterocycles. The molecule has 62 valence electrons. The highest BCUT2D eigenvalue weighted by atomic mass is 16.2. The molecule has 2 unspecified atom stereocenters. The highest BCUT2D eigenvalue weighted by molar-refractivity contribution is 5.82. The standard InChI is InChI=1S/C9H15NO/c1-6(2)9-5-7(9)4-8(11)10(9)3/h6-7H,4-5H2,1-3H3. The van der Waals surface area contributed by atoms with Gasteiger partial charge < -0.3 is 4.90 Å². The lowest BCUT2D eigenvalue weighted by atomic mass is 10.00. The van der Waals surface area contributed by atoms with Crippen molar-refractivity contribution in [2.75, 3.05) is 7.05 Å². The van der Waals surface area contributed by atoms with Crippen molar-refractivity contribution in [1.82, 2.24) is 4.90 Å². The first kappa shape index (κ1) is 7.14. The third-order valence-corrected chi connectivity index (χ3v) is 3.54. The Morgan fingerprint density at radius 2 is 2.27 bits per heavy atom. The Bertz CT molecular complexity index is 212. The number of carbonyl (C=O) groups excluding carboxylic acids is 1. The molecule has 2 rings (SSSR count). The molecule has 2 fully saturated rings. The number of nitrogens with zero attached hydrogens (tertiary/aromatic N) is 1. The first-order valence-electron chi connectivity index (χ1n) is 4.35. The van der Waals surface area contributed by atoms with Crippen LogP contribution >= 0.6 is 0 Å². The van der Waals surface area contributed by atoms with Gasteiger partial charge in [0.15, 0.2) is 0 Å². The van der Waals surface area contributed by atoms with Crippen LogP contribution in [0.2, 0.25) is 0 Å². The Kier molecular flexibility index (Phi) is 1.16. The molecule has 2 heteroatoms. The lowest BCUT2D eigenvalue weighted by Gasteiger charge is -2.27. The van der Waals surface area contributed by atoms with Crippen LogP contribution in [0.1, 0.15) is 26.7 Å². The van der Waals surface area contributed by atoms with Gasteiger partial charge in [0.1, 0.15) is 0 Å². The van der Waals surface area contributed by atoms with Crippen molar-refractivity contribution >= 4 is 5.91 Å². The van der Waals surface area contributed by atoms with Crippen LogP contribution in [0.4, 0.5) is 0 Å². The average molecular weight is 153 g/mol. The number of hydrogen-bond donors (Lipinski definition) is 0. The predicted octanol–water partition coefficient (Wildman–Crippen LogP) is 1.26. The van der Waals surface area contributed by atoms with Crippen LogP contribution in [0.25, 0.3) is 0 Å². The maximum Gasteiger partial charge on any atom is 0.223 e. The third-order valence-electron chi connectivity index (χ3n) is 3.54. The summed E-state index contributed by atoms with van der Waals surface area (Å²) in [6, 6.07) is 0. The van der Waals surface area contributed by atoms with Gasteiger partial charge in [-0.2, -0.15) is 0 Å². The highest BCUT2D eigenvalue weighted by Gasteiger charge is 2.65. The third kappa shape index (κ3) is 0.652. The Labute approximate surface area is 67.6 Å². The Morgan fingerprint density at radius 1 is 1.64 bits per heavy atom. The molecule has 0 spiro atoms. The zero-order valence-corrected chi connectivity index (χ0v) is 7.42. The molecule has 0 aromatic heterocycles. The van der Waals surface area contributed by atoms with E-state index >= 15 is 0 Å². The first-order valence-corrected chi connectivity index (χ1v) is 4.35. The van der Waals surface area contributed by atoms with Crippen LogP contribution < -0.4 is 0 Å². The van der Waals surface area contributed by atoms with Gasteiger partial charge in [0.2, 0.25) is 5.91 Å². The summed E-state index contributed by atoms with van der Waals surface area (Å²) in [6.45, 7) is 4.43. The smallest absolute Gasteiger partial charge is 0.223 e. The van der Waals surface area contributed by atoms with E-state index in [0.29, 0.717) is 17.7 Å². The van der Waals surface area contributed by atoms with Crippen LogP contribution in [0.15, 0.2) is 0 Å². The molecule has 0 bridgehead atoms. The minimum atomic E-state index is 0.275. The van der Waals surface area contributed by atoms with Crippen LogP contribution in [0, 0.1) is 11.8 Å². The second kappa shape index (κ2) is 1.79. The SMILES string of the molecule is CC(C)C12CC1CC(=O)N2C. The van der Waals surface area contributed by atoms with Crippen molar-refractivity contribution in [3.8, 4) is 0 Å². The van der Waals surface area contributed by atoms with E-state index in [-0.39, 0.29) is 5.54 Å². The second-order valence-electron chi connectivity index (χ2n) is 4.20. The molecule has 1 aliphatic heterocycles. The lowest BCUT2D eigenvalue weighted by molar-refractivity contribution is -0.130. The predicted molar refractivity (Wildman–Crippen MR) is 43.1 cm³/mol. The summed E-state index contributed by atoms with van der Waals surface area (Å²) in [7, 11) is 1.95.